The van der Waals surface area contributed by atoms with Crippen LogP contribution in [-0.4, -0.2) is 27.0 Å². The molecule has 1 N–H and O–H groups in total. The van der Waals surface area contributed by atoms with Crippen molar-refractivity contribution in [2.75, 3.05) is 4.90 Å². The van der Waals surface area contributed by atoms with Crippen LogP contribution >= 0.6 is 23.1 Å². The Kier molecular flexibility index (Phi) is 5.70. The van der Waals surface area contributed by atoms with E-state index in [9.17, 15) is 24.5 Å². The number of imide groups is 1. The third-order valence-electron chi connectivity index (χ3n) is 9.24. The fourth-order valence-electron chi connectivity index (χ4n) is 7.76. The summed E-state index contributed by atoms with van der Waals surface area (Å²) in [6, 6.07) is 23.1. The van der Waals surface area contributed by atoms with Crippen molar-refractivity contribution in [3.8, 4) is 11.5 Å². The van der Waals surface area contributed by atoms with Crippen LogP contribution in [0.25, 0.3) is 0 Å². The molecular formula is C31H23N3O6S2. The summed E-state index contributed by atoms with van der Waals surface area (Å²) in [6.07, 6.45) is 0.777. The quantitative estimate of drug-likeness (QED) is 0.175. The number of hydrogen-bond acceptors (Lipinski definition) is 8. The van der Waals surface area contributed by atoms with Gasteiger partial charge in [0, 0.05) is 28.2 Å². The normalized spacial score (nSPS) is 28.9. The van der Waals surface area contributed by atoms with Crippen molar-refractivity contribution in [1.29, 1.82) is 0 Å². The van der Waals surface area contributed by atoms with Crippen molar-refractivity contribution in [2.45, 2.75) is 22.6 Å². The number of carbonyl (C=O) groups excluding carboxylic acids is 2. The van der Waals surface area contributed by atoms with E-state index in [-0.39, 0.29) is 51.3 Å². The van der Waals surface area contributed by atoms with Crippen LogP contribution < -0.4 is 14.5 Å². The second-order valence-electron chi connectivity index (χ2n) is 11.2. The fourth-order valence-corrected chi connectivity index (χ4v) is 10.7. The predicted molar refractivity (Wildman–Crippen MR) is 157 cm³/mol. The lowest BCUT2D eigenvalue weighted by Crippen LogP contribution is -2.42. The summed E-state index contributed by atoms with van der Waals surface area (Å²) in [6.45, 7) is 0. The maximum absolute atomic E-state index is 13.9. The number of anilines is 1. The van der Waals surface area contributed by atoms with Gasteiger partial charge in [-0.15, -0.1) is 11.8 Å². The Labute approximate surface area is 247 Å². The molecule has 9 nitrogen and oxygen atoms in total. The molecule has 2 amide bonds. The SMILES string of the molecule is O=C1C2C3CC(C2C(=O)N1c1ccc([N+](=O)[O-])cc1)C1C3Sc2[nH]c(=O)sc2[C@@H]1c1cccc(Oc2ccccc2)c1. The van der Waals surface area contributed by atoms with E-state index in [1.165, 1.54) is 40.5 Å². The van der Waals surface area contributed by atoms with Gasteiger partial charge in [-0.1, -0.05) is 41.7 Å². The number of rotatable bonds is 5. The number of aromatic amines is 1. The molecule has 2 aliphatic heterocycles. The number of nitro benzene ring substituents is 1. The fraction of sp³-hybridized carbons (Fsp3) is 0.258. The van der Waals surface area contributed by atoms with Crippen molar-refractivity contribution < 1.29 is 19.2 Å². The molecule has 2 saturated carbocycles. The highest BCUT2D eigenvalue weighted by molar-refractivity contribution is 8.00. The van der Waals surface area contributed by atoms with Crippen LogP contribution in [0, 0.1) is 39.7 Å². The number of amides is 2. The number of thiazole rings is 1. The van der Waals surface area contributed by atoms with E-state index >= 15 is 0 Å². The first kappa shape index (κ1) is 25.5. The maximum atomic E-state index is 13.9. The molecule has 4 aromatic rings. The van der Waals surface area contributed by atoms with E-state index in [2.05, 4.69) is 11.1 Å². The number of para-hydroxylation sites is 1. The number of nitrogens with zero attached hydrogens (tertiary/aromatic N) is 2. The average molecular weight is 598 g/mol. The maximum Gasteiger partial charge on any atom is 0.305 e. The number of thioether (sulfide) groups is 1. The number of benzene rings is 3. The molecule has 7 atom stereocenters. The van der Waals surface area contributed by atoms with Gasteiger partial charge in [0.1, 0.15) is 11.5 Å². The van der Waals surface area contributed by atoms with Crippen LogP contribution in [0.2, 0.25) is 0 Å². The molecule has 42 heavy (non-hydrogen) atoms. The minimum atomic E-state index is -0.503. The number of hydrogen-bond donors (Lipinski definition) is 1. The van der Waals surface area contributed by atoms with Crippen molar-refractivity contribution in [2.24, 2.45) is 29.6 Å². The van der Waals surface area contributed by atoms with Gasteiger partial charge >= 0.3 is 4.87 Å². The Bertz CT molecular complexity index is 1820. The highest BCUT2D eigenvalue weighted by atomic mass is 32.2. The van der Waals surface area contributed by atoms with Crippen LogP contribution in [0.5, 0.6) is 11.5 Å². The number of H-pyrrole nitrogens is 1. The lowest BCUT2D eigenvalue weighted by molar-refractivity contribution is -0.384. The molecule has 2 aliphatic carbocycles. The molecule has 4 aliphatic rings. The van der Waals surface area contributed by atoms with Crippen LogP contribution in [0.4, 0.5) is 11.4 Å². The highest BCUT2D eigenvalue weighted by Crippen LogP contribution is 2.68. The third kappa shape index (κ3) is 3.73. The third-order valence-corrected chi connectivity index (χ3v) is 11.8. The number of nitrogens with one attached hydrogen (secondary N) is 1. The lowest BCUT2D eigenvalue weighted by atomic mass is 9.68. The number of aromatic nitrogens is 1. The average Bonchev–Trinajstić information content (AvgIpc) is 3.72. The van der Waals surface area contributed by atoms with Gasteiger partial charge in [0.2, 0.25) is 11.8 Å². The van der Waals surface area contributed by atoms with Crippen molar-refractivity contribution in [3.63, 3.8) is 0 Å². The zero-order valence-corrected chi connectivity index (χ0v) is 23.5. The molecule has 3 fully saturated rings. The summed E-state index contributed by atoms with van der Waals surface area (Å²) < 4.78 is 6.14. The first-order valence-corrected chi connectivity index (χ1v) is 15.4. The van der Waals surface area contributed by atoms with Gasteiger partial charge < -0.3 is 9.72 Å². The number of nitro groups is 1. The van der Waals surface area contributed by atoms with E-state index in [0.717, 1.165) is 27.6 Å². The lowest BCUT2D eigenvalue weighted by Gasteiger charge is -2.43. The van der Waals surface area contributed by atoms with E-state index in [1.54, 1.807) is 11.8 Å². The van der Waals surface area contributed by atoms with Gasteiger partial charge in [0.05, 0.1) is 27.5 Å². The van der Waals surface area contributed by atoms with Gasteiger partial charge in [0.15, 0.2) is 0 Å². The molecule has 3 aromatic carbocycles. The second kappa shape index (κ2) is 9.40. The van der Waals surface area contributed by atoms with Crippen molar-refractivity contribution in [1.82, 2.24) is 4.98 Å². The molecule has 6 unspecified atom stereocenters. The van der Waals surface area contributed by atoms with Crippen LogP contribution in [0.3, 0.4) is 0 Å². The number of ether oxygens (including phenoxy) is 1. The minimum absolute atomic E-state index is 0.0164. The predicted octanol–water partition coefficient (Wildman–Crippen LogP) is 5.81. The van der Waals surface area contributed by atoms with Gasteiger partial charge in [0.25, 0.3) is 5.69 Å². The highest BCUT2D eigenvalue weighted by Gasteiger charge is 2.69. The molecular weight excluding hydrogens is 574 g/mol. The summed E-state index contributed by atoms with van der Waals surface area (Å²) in [5, 5.41) is 12.0. The largest absolute Gasteiger partial charge is 0.457 e. The molecule has 2 bridgehead atoms. The Balaban J connectivity index is 1.17. The van der Waals surface area contributed by atoms with Crippen molar-refractivity contribution in [3.05, 3.63) is 109 Å². The summed E-state index contributed by atoms with van der Waals surface area (Å²) in [5.41, 5.74) is 1.29. The first-order valence-electron chi connectivity index (χ1n) is 13.7. The molecule has 1 aromatic heterocycles. The molecule has 1 saturated heterocycles. The van der Waals surface area contributed by atoms with Crippen LogP contribution in [-0.2, 0) is 9.59 Å². The Morgan fingerprint density at radius 3 is 2.33 bits per heavy atom. The van der Waals surface area contributed by atoms with Crippen LogP contribution in [0.1, 0.15) is 22.8 Å². The molecule has 210 valence electrons. The zero-order chi connectivity index (χ0) is 28.7. The molecule has 11 heteroatoms. The first-order chi connectivity index (χ1) is 20.4. The van der Waals surface area contributed by atoms with Gasteiger partial charge in [-0.05, 0) is 66.1 Å². The summed E-state index contributed by atoms with van der Waals surface area (Å²) >= 11 is 2.85. The summed E-state index contributed by atoms with van der Waals surface area (Å²) in [4.78, 5) is 56.0. The molecule has 3 heterocycles. The Morgan fingerprint density at radius 1 is 0.881 bits per heavy atom. The zero-order valence-electron chi connectivity index (χ0n) is 21.9. The van der Waals surface area contributed by atoms with Gasteiger partial charge in [-0.3, -0.25) is 29.4 Å². The van der Waals surface area contributed by atoms with E-state index in [1.807, 2.05) is 48.5 Å². The number of carbonyl (C=O) groups is 2. The smallest absolute Gasteiger partial charge is 0.305 e. The summed E-state index contributed by atoms with van der Waals surface area (Å²) in [5.74, 6) is -0.0634. The Hall–Kier alpha value is -4.22. The van der Waals surface area contributed by atoms with Crippen molar-refractivity contribution >= 4 is 46.3 Å². The monoisotopic (exact) mass is 597 g/mol. The Morgan fingerprint density at radius 2 is 1.60 bits per heavy atom. The van der Waals surface area contributed by atoms with Crippen LogP contribution in [0.15, 0.2) is 88.7 Å². The molecule has 0 radical (unpaired) electrons. The molecule has 8 rings (SSSR count). The number of fused-ring (bicyclic) bond motifs is 9. The van der Waals surface area contributed by atoms with E-state index < -0.39 is 16.8 Å². The number of non-ortho nitro benzene ring substituents is 1. The molecule has 0 spiro atoms. The van der Waals surface area contributed by atoms with Gasteiger partial charge in [-0.25, -0.2) is 0 Å². The van der Waals surface area contributed by atoms with E-state index in [4.69, 9.17) is 4.74 Å². The summed E-state index contributed by atoms with van der Waals surface area (Å²) in [7, 11) is 0. The second-order valence-corrected chi connectivity index (χ2v) is 13.4. The minimum Gasteiger partial charge on any atom is -0.457 e. The van der Waals surface area contributed by atoms with E-state index in [0.29, 0.717) is 11.4 Å². The van der Waals surface area contributed by atoms with Gasteiger partial charge in [-0.2, -0.15) is 0 Å². The standard InChI is InChI=1S/C31H23N3O6S2/c35-29-24-20-14-21(25(24)30(36)33(29)16-9-11-17(12-10-16)34(38)39)26-23(20)22(27-28(41-26)32-31(37)42-27)15-5-4-8-19(13-15)40-18-6-2-1-3-7-18/h1-13,20-26H,14H2,(H,32,37)/t20?,21?,22-,23?,24?,25?,26?/m1/s1. The topological polar surface area (TPSA) is 123 Å².